The summed E-state index contributed by atoms with van der Waals surface area (Å²) >= 11 is 6.07. The van der Waals surface area contributed by atoms with Crippen LogP contribution in [0.2, 0.25) is 5.02 Å². The molecule has 2 rings (SSSR count). The average molecular weight is 360 g/mol. The Balaban J connectivity index is 2.02. The molecule has 1 fully saturated rings. The Morgan fingerprint density at radius 2 is 2.04 bits per heavy atom. The third kappa shape index (κ3) is 5.79. The van der Waals surface area contributed by atoms with Gasteiger partial charge in [-0.05, 0) is 36.5 Å². The normalized spacial score (nSPS) is 17.3. The lowest BCUT2D eigenvalue weighted by Gasteiger charge is -2.25. The van der Waals surface area contributed by atoms with Crippen molar-refractivity contribution in [2.24, 2.45) is 5.92 Å². The number of hydrogen-bond acceptors (Lipinski definition) is 4. The lowest BCUT2D eigenvalue weighted by molar-refractivity contribution is -0.134. The summed E-state index contributed by atoms with van der Waals surface area (Å²) in [6.07, 6.45) is 4.57. The predicted octanol–water partition coefficient (Wildman–Crippen LogP) is 2.66. The van der Waals surface area contributed by atoms with Crippen molar-refractivity contribution in [3.63, 3.8) is 0 Å². The minimum absolute atomic E-state index is 0.0521. The third-order valence-corrected chi connectivity index (χ3v) is 5.95. The number of hydrogen-bond donors (Lipinski definition) is 2. The second-order valence-corrected chi connectivity index (χ2v) is 8.64. The fourth-order valence-electron chi connectivity index (χ4n) is 3.18. The van der Waals surface area contributed by atoms with Gasteiger partial charge in [-0.3, -0.25) is 4.79 Å². The number of carboxylic acid groups (broad SMARTS) is 1. The predicted molar refractivity (Wildman–Crippen MR) is 90.4 cm³/mol. The Bertz CT molecular complexity index is 641. The first-order chi connectivity index (χ1) is 10.9. The van der Waals surface area contributed by atoms with E-state index in [0.717, 1.165) is 18.4 Å². The minimum atomic E-state index is -3.58. The minimum Gasteiger partial charge on any atom is -0.480 e. The van der Waals surface area contributed by atoms with Crippen LogP contribution in [0.3, 0.4) is 0 Å². The second-order valence-electron chi connectivity index (χ2n) is 6.02. The molecule has 0 radical (unpaired) electrons. The summed E-state index contributed by atoms with van der Waals surface area (Å²) in [5, 5.41) is 12.6. The van der Waals surface area contributed by atoms with E-state index in [4.69, 9.17) is 16.7 Å². The molecule has 0 aromatic heterocycles. The van der Waals surface area contributed by atoms with E-state index in [1.807, 2.05) is 24.3 Å². The number of sulfone groups is 1. The van der Waals surface area contributed by atoms with E-state index in [2.05, 4.69) is 5.32 Å². The molecule has 5 nitrogen and oxygen atoms in total. The van der Waals surface area contributed by atoms with Crippen LogP contribution in [0.4, 0.5) is 0 Å². The molecular formula is C16H22ClNO4S. The summed E-state index contributed by atoms with van der Waals surface area (Å²) in [6, 6.07) is 7.66. The molecule has 1 unspecified atom stereocenters. The Labute approximate surface area is 142 Å². The van der Waals surface area contributed by atoms with E-state index in [-0.39, 0.29) is 18.3 Å². The Morgan fingerprint density at radius 3 is 2.65 bits per heavy atom. The zero-order valence-electron chi connectivity index (χ0n) is 12.9. The molecule has 1 aliphatic carbocycles. The standard InChI is InChI=1S/C16H22ClNO4S/c17-14-7-3-6-13(10-14)16(12-4-1-2-5-12)18-8-9-23(21,22)11-15(19)20/h3,6-7,10,12,16,18H,1-2,4-5,8-9,11H2,(H,19,20). The van der Waals surface area contributed by atoms with Crippen LogP contribution in [0.1, 0.15) is 37.3 Å². The van der Waals surface area contributed by atoms with Gasteiger partial charge in [0.05, 0.1) is 5.75 Å². The maximum Gasteiger partial charge on any atom is 0.318 e. The SMILES string of the molecule is O=C(O)CS(=O)(=O)CCNC(c1cccc(Cl)c1)C1CCCC1. The van der Waals surface area contributed by atoms with Crippen molar-refractivity contribution < 1.29 is 18.3 Å². The van der Waals surface area contributed by atoms with Gasteiger partial charge in [0.1, 0.15) is 5.75 Å². The highest BCUT2D eigenvalue weighted by Crippen LogP contribution is 2.36. The molecule has 0 amide bonds. The van der Waals surface area contributed by atoms with E-state index in [1.54, 1.807) is 0 Å². The molecule has 0 heterocycles. The van der Waals surface area contributed by atoms with Crippen LogP contribution < -0.4 is 5.32 Å². The smallest absolute Gasteiger partial charge is 0.318 e. The molecule has 1 aromatic rings. The van der Waals surface area contributed by atoms with Crippen LogP contribution in [-0.2, 0) is 14.6 Å². The summed E-state index contributed by atoms with van der Waals surface area (Å²) in [5.41, 5.74) is 1.06. The van der Waals surface area contributed by atoms with Gasteiger partial charge >= 0.3 is 5.97 Å². The Kier molecular flexibility index (Phi) is 6.44. The van der Waals surface area contributed by atoms with E-state index < -0.39 is 21.6 Å². The zero-order chi connectivity index (χ0) is 16.9. The molecule has 1 aliphatic rings. The molecule has 7 heteroatoms. The van der Waals surface area contributed by atoms with Gasteiger partial charge in [0.25, 0.3) is 0 Å². The number of aliphatic carboxylic acids is 1. The second kappa shape index (κ2) is 8.13. The molecule has 0 spiro atoms. The van der Waals surface area contributed by atoms with Crippen LogP contribution in [0.15, 0.2) is 24.3 Å². The van der Waals surface area contributed by atoms with Crippen molar-refractivity contribution in [2.45, 2.75) is 31.7 Å². The van der Waals surface area contributed by atoms with Gasteiger partial charge < -0.3 is 10.4 Å². The number of halogens is 1. The summed E-state index contributed by atoms with van der Waals surface area (Å²) in [4.78, 5) is 10.6. The van der Waals surface area contributed by atoms with Gasteiger partial charge in [0.2, 0.25) is 0 Å². The maximum absolute atomic E-state index is 11.7. The van der Waals surface area contributed by atoms with E-state index in [9.17, 15) is 13.2 Å². The summed E-state index contributed by atoms with van der Waals surface area (Å²) in [7, 11) is -3.58. The Hall–Kier alpha value is -1.11. The topological polar surface area (TPSA) is 83.5 Å². The molecule has 2 N–H and O–H groups in total. The average Bonchev–Trinajstić information content (AvgIpc) is 2.96. The van der Waals surface area contributed by atoms with Gasteiger partial charge in [-0.15, -0.1) is 0 Å². The van der Waals surface area contributed by atoms with Crippen LogP contribution in [0.25, 0.3) is 0 Å². The van der Waals surface area contributed by atoms with Crippen molar-refractivity contribution in [1.29, 1.82) is 0 Å². The molecule has 23 heavy (non-hydrogen) atoms. The zero-order valence-corrected chi connectivity index (χ0v) is 14.4. The fourth-order valence-corrected chi connectivity index (χ4v) is 4.33. The van der Waals surface area contributed by atoms with E-state index in [1.165, 1.54) is 12.8 Å². The van der Waals surface area contributed by atoms with Crippen molar-refractivity contribution in [1.82, 2.24) is 5.32 Å². The van der Waals surface area contributed by atoms with Crippen LogP contribution in [0, 0.1) is 5.92 Å². The number of carboxylic acids is 1. The number of rotatable bonds is 8. The van der Waals surface area contributed by atoms with Gasteiger partial charge in [-0.1, -0.05) is 36.6 Å². The summed E-state index contributed by atoms with van der Waals surface area (Å²) < 4.78 is 23.4. The van der Waals surface area contributed by atoms with Crippen LogP contribution in [0.5, 0.6) is 0 Å². The highest BCUT2D eigenvalue weighted by Gasteiger charge is 2.26. The van der Waals surface area contributed by atoms with Crippen LogP contribution in [-0.4, -0.2) is 37.5 Å². The number of carbonyl (C=O) groups is 1. The largest absolute Gasteiger partial charge is 0.480 e. The molecule has 0 aliphatic heterocycles. The molecule has 1 atom stereocenters. The van der Waals surface area contributed by atoms with Gasteiger partial charge in [-0.2, -0.15) is 0 Å². The van der Waals surface area contributed by atoms with Gasteiger partial charge in [-0.25, -0.2) is 8.42 Å². The molecule has 1 saturated carbocycles. The monoisotopic (exact) mass is 359 g/mol. The first-order valence-corrected chi connectivity index (χ1v) is 9.98. The number of nitrogens with one attached hydrogen (secondary N) is 1. The van der Waals surface area contributed by atoms with Crippen molar-refractivity contribution in [3.8, 4) is 0 Å². The van der Waals surface area contributed by atoms with Crippen LogP contribution >= 0.6 is 11.6 Å². The first kappa shape index (κ1) is 18.2. The van der Waals surface area contributed by atoms with E-state index >= 15 is 0 Å². The summed E-state index contributed by atoms with van der Waals surface area (Å²) in [6.45, 7) is 0.239. The van der Waals surface area contributed by atoms with Gasteiger partial charge in [0.15, 0.2) is 9.84 Å². The maximum atomic E-state index is 11.7. The molecule has 128 valence electrons. The molecule has 0 saturated heterocycles. The van der Waals surface area contributed by atoms with Crippen molar-refractivity contribution in [3.05, 3.63) is 34.9 Å². The lowest BCUT2D eigenvalue weighted by atomic mass is 9.91. The highest BCUT2D eigenvalue weighted by atomic mass is 35.5. The first-order valence-electron chi connectivity index (χ1n) is 7.78. The highest BCUT2D eigenvalue weighted by molar-refractivity contribution is 7.92. The molecule has 0 bridgehead atoms. The Morgan fingerprint density at radius 1 is 1.35 bits per heavy atom. The van der Waals surface area contributed by atoms with Crippen molar-refractivity contribution in [2.75, 3.05) is 18.1 Å². The molecule has 1 aromatic carbocycles. The van der Waals surface area contributed by atoms with Crippen molar-refractivity contribution >= 4 is 27.4 Å². The summed E-state index contributed by atoms with van der Waals surface area (Å²) in [5.74, 6) is -1.86. The quantitative estimate of drug-likeness (QED) is 0.745. The third-order valence-electron chi connectivity index (χ3n) is 4.20. The lowest BCUT2D eigenvalue weighted by Crippen LogP contribution is -2.32. The number of benzene rings is 1. The molecular weight excluding hydrogens is 338 g/mol. The van der Waals surface area contributed by atoms with Gasteiger partial charge in [0, 0.05) is 17.6 Å². The van der Waals surface area contributed by atoms with E-state index in [0.29, 0.717) is 10.9 Å². The fraction of sp³-hybridized carbons (Fsp3) is 0.562.